The molecule has 0 spiro atoms. The van der Waals surface area contributed by atoms with Crippen LogP contribution in [0.15, 0.2) is 46.9 Å². The van der Waals surface area contributed by atoms with Crippen molar-refractivity contribution in [2.75, 3.05) is 0 Å². The van der Waals surface area contributed by atoms with Crippen LogP contribution >= 0.6 is 0 Å². The van der Waals surface area contributed by atoms with E-state index in [1.807, 2.05) is 26.0 Å². The Labute approximate surface area is 151 Å². The average Bonchev–Trinajstić information content (AvgIpc) is 3.08. The second kappa shape index (κ2) is 7.64. The van der Waals surface area contributed by atoms with E-state index in [2.05, 4.69) is 75.1 Å². The summed E-state index contributed by atoms with van der Waals surface area (Å²) in [6.45, 7) is 14.7. The summed E-state index contributed by atoms with van der Waals surface area (Å²) in [5.41, 5.74) is 5.68. The van der Waals surface area contributed by atoms with Gasteiger partial charge in [0, 0.05) is 11.1 Å². The van der Waals surface area contributed by atoms with Gasteiger partial charge in [-0.25, -0.2) is 0 Å². The lowest BCUT2D eigenvalue weighted by molar-refractivity contribution is 0.581. The summed E-state index contributed by atoms with van der Waals surface area (Å²) in [5.74, 6) is 1.13. The largest absolute Gasteiger partial charge is 0.416 e. The lowest BCUT2D eigenvalue weighted by Crippen LogP contribution is -2.10. The van der Waals surface area contributed by atoms with Crippen LogP contribution in [0.4, 0.5) is 0 Å². The summed E-state index contributed by atoms with van der Waals surface area (Å²) in [6, 6.07) is 14.6. The van der Waals surface area contributed by atoms with E-state index in [1.54, 1.807) is 0 Å². The summed E-state index contributed by atoms with van der Waals surface area (Å²) in [7, 11) is 0. The van der Waals surface area contributed by atoms with Gasteiger partial charge in [-0.1, -0.05) is 64.4 Å². The molecular formula is C22H28N2O. The molecule has 1 aromatic heterocycles. The third-order valence-corrected chi connectivity index (χ3v) is 4.05. The van der Waals surface area contributed by atoms with Crippen LogP contribution in [0.2, 0.25) is 0 Å². The van der Waals surface area contributed by atoms with Crippen molar-refractivity contribution in [3.8, 4) is 22.9 Å². The van der Waals surface area contributed by atoms with Crippen molar-refractivity contribution in [3.63, 3.8) is 0 Å². The number of aryl methyl sites for hydroxylation is 2. The molecule has 2 aromatic carbocycles. The van der Waals surface area contributed by atoms with Crippen LogP contribution in [0.5, 0.6) is 0 Å². The molecule has 0 fully saturated rings. The van der Waals surface area contributed by atoms with E-state index in [9.17, 15) is 0 Å². The molecule has 3 aromatic rings. The summed E-state index contributed by atoms with van der Waals surface area (Å²) in [6.07, 6.45) is 0. The molecule has 25 heavy (non-hydrogen) atoms. The summed E-state index contributed by atoms with van der Waals surface area (Å²) >= 11 is 0. The van der Waals surface area contributed by atoms with Crippen LogP contribution in [0, 0.1) is 13.8 Å². The number of aromatic nitrogens is 2. The maximum atomic E-state index is 5.89. The molecule has 0 N–H and O–H groups in total. The van der Waals surface area contributed by atoms with Crippen molar-refractivity contribution in [1.29, 1.82) is 0 Å². The van der Waals surface area contributed by atoms with Gasteiger partial charge >= 0.3 is 0 Å². The molecule has 0 radical (unpaired) electrons. The number of hydrogen-bond donors (Lipinski definition) is 0. The Balaban J connectivity index is 0.00000109. The Morgan fingerprint density at radius 2 is 1.40 bits per heavy atom. The minimum Gasteiger partial charge on any atom is -0.416 e. The van der Waals surface area contributed by atoms with Gasteiger partial charge in [-0.15, -0.1) is 10.2 Å². The highest BCUT2D eigenvalue weighted by atomic mass is 16.4. The molecule has 0 bridgehead atoms. The monoisotopic (exact) mass is 336 g/mol. The molecule has 0 aliphatic carbocycles. The predicted octanol–water partition coefficient (Wildman–Crippen LogP) is 6.34. The minimum atomic E-state index is 0.136. The maximum absolute atomic E-state index is 5.89. The van der Waals surface area contributed by atoms with E-state index in [0.29, 0.717) is 11.8 Å². The van der Waals surface area contributed by atoms with Crippen molar-refractivity contribution in [2.24, 2.45) is 0 Å². The van der Waals surface area contributed by atoms with Crippen LogP contribution in [0.1, 0.15) is 51.3 Å². The van der Waals surface area contributed by atoms with E-state index < -0.39 is 0 Å². The number of rotatable bonds is 2. The number of nitrogens with zero attached hydrogens (tertiary/aromatic N) is 2. The van der Waals surface area contributed by atoms with Crippen LogP contribution < -0.4 is 0 Å². The van der Waals surface area contributed by atoms with Gasteiger partial charge in [-0.05, 0) is 48.6 Å². The van der Waals surface area contributed by atoms with Crippen molar-refractivity contribution < 1.29 is 4.42 Å². The molecule has 1 heterocycles. The molecule has 0 aliphatic heterocycles. The molecule has 0 amide bonds. The van der Waals surface area contributed by atoms with E-state index in [1.165, 1.54) is 11.1 Å². The normalized spacial score (nSPS) is 11.0. The number of benzene rings is 2. The van der Waals surface area contributed by atoms with E-state index in [4.69, 9.17) is 4.42 Å². The van der Waals surface area contributed by atoms with Gasteiger partial charge < -0.3 is 4.42 Å². The van der Waals surface area contributed by atoms with Crippen LogP contribution in [0.3, 0.4) is 0 Å². The minimum absolute atomic E-state index is 0.136. The van der Waals surface area contributed by atoms with Gasteiger partial charge in [0.25, 0.3) is 0 Å². The van der Waals surface area contributed by atoms with Crippen LogP contribution in [0.25, 0.3) is 22.9 Å². The first-order valence-electron chi connectivity index (χ1n) is 8.86. The van der Waals surface area contributed by atoms with E-state index in [0.717, 1.165) is 16.7 Å². The van der Waals surface area contributed by atoms with Gasteiger partial charge in [-0.3, -0.25) is 0 Å². The Kier molecular flexibility index (Phi) is 5.78. The fraction of sp³-hybridized carbons (Fsp3) is 0.364. The Morgan fingerprint density at radius 3 is 2.00 bits per heavy atom. The molecule has 0 saturated heterocycles. The van der Waals surface area contributed by atoms with Gasteiger partial charge in [0.15, 0.2) is 0 Å². The van der Waals surface area contributed by atoms with Gasteiger partial charge in [0.1, 0.15) is 0 Å². The Morgan fingerprint density at radius 1 is 0.800 bits per heavy atom. The zero-order valence-corrected chi connectivity index (χ0v) is 16.3. The quantitative estimate of drug-likeness (QED) is 0.548. The number of hydrogen-bond acceptors (Lipinski definition) is 3. The van der Waals surface area contributed by atoms with Crippen molar-refractivity contribution in [1.82, 2.24) is 10.2 Å². The first-order chi connectivity index (χ1) is 11.8. The summed E-state index contributed by atoms with van der Waals surface area (Å²) in [4.78, 5) is 0. The zero-order valence-electron chi connectivity index (χ0n) is 16.3. The highest BCUT2D eigenvalue weighted by Crippen LogP contribution is 2.29. The second-order valence-corrected chi connectivity index (χ2v) is 7.06. The Bertz CT molecular complexity index is 824. The molecule has 132 valence electrons. The molecule has 3 nitrogen and oxygen atoms in total. The highest BCUT2D eigenvalue weighted by Gasteiger charge is 2.15. The summed E-state index contributed by atoms with van der Waals surface area (Å²) < 4.78 is 5.89. The van der Waals surface area contributed by atoms with E-state index in [-0.39, 0.29) is 5.41 Å². The van der Waals surface area contributed by atoms with Crippen molar-refractivity contribution in [2.45, 2.75) is 53.9 Å². The molecule has 0 unspecified atom stereocenters. The third-order valence-electron chi connectivity index (χ3n) is 4.05. The van der Waals surface area contributed by atoms with Crippen molar-refractivity contribution in [3.05, 3.63) is 59.2 Å². The van der Waals surface area contributed by atoms with Crippen LogP contribution in [-0.2, 0) is 5.41 Å². The van der Waals surface area contributed by atoms with E-state index >= 15 is 0 Å². The SMILES string of the molecule is CC.Cc1ccc(C)c(-c2nnc(-c3ccc(C(C)(C)C)cc3)o2)c1. The maximum Gasteiger partial charge on any atom is 0.248 e. The fourth-order valence-corrected chi connectivity index (χ4v) is 2.53. The molecule has 0 aliphatic rings. The van der Waals surface area contributed by atoms with Crippen molar-refractivity contribution >= 4 is 0 Å². The first kappa shape index (κ1) is 18.9. The molecule has 3 rings (SSSR count). The lowest BCUT2D eigenvalue weighted by Gasteiger charge is -2.18. The molecular weight excluding hydrogens is 308 g/mol. The molecule has 3 heteroatoms. The first-order valence-corrected chi connectivity index (χ1v) is 8.86. The zero-order chi connectivity index (χ0) is 18.6. The molecule has 0 saturated carbocycles. The molecule has 0 atom stereocenters. The standard InChI is InChI=1S/C20H22N2O.C2H6/c1-13-6-7-14(2)17(12-13)19-22-21-18(23-19)15-8-10-16(11-9-15)20(3,4)5;1-2/h6-12H,1-5H3;1-2H3. The topological polar surface area (TPSA) is 38.9 Å². The van der Waals surface area contributed by atoms with Gasteiger partial charge in [0.2, 0.25) is 11.8 Å². The lowest BCUT2D eigenvalue weighted by atomic mass is 9.87. The highest BCUT2D eigenvalue weighted by molar-refractivity contribution is 5.62. The fourth-order valence-electron chi connectivity index (χ4n) is 2.53. The Hall–Kier alpha value is -2.42. The predicted molar refractivity (Wildman–Crippen MR) is 105 cm³/mol. The smallest absolute Gasteiger partial charge is 0.248 e. The van der Waals surface area contributed by atoms with Crippen LogP contribution in [-0.4, -0.2) is 10.2 Å². The second-order valence-electron chi connectivity index (χ2n) is 7.06. The van der Waals surface area contributed by atoms with Gasteiger partial charge in [-0.2, -0.15) is 0 Å². The summed E-state index contributed by atoms with van der Waals surface area (Å²) in [5, 5.41) is 8.43. The van der Waals surface area contributed by atoms with Gasteiger partial charge in [0.05, 0.1) is 0 Å². The third kappa shape index (κ3) is 4.36. The average molecular weight is 336 g/mol.